The van der Waals surface area contributed by atoms with Gasteiger partial charge in [0.1, 0.15) is 5.69 Å². The van der Waals surface area contributed by atoms with Crippen molar-refractivity contribution < 1.29 is 19.5 Å². The number of ether oxygens (including phenoxy) is 1. The molecule has 3 aliphatic rings. The Balaban J connectivity index is 1.35. The summed E-state index contributed by atoms with van der Waals surface area (Å²) in [4.78, 5) is 23.5. The van der Waals surface area contributed by atoms with Crippen LogP contribution in [0.15, 0.2) is 59.6 Å². The first kappa shape index (κ1) is 27.0. The SMILES string of the molecule is CC(C)CN(C(O)C1=Nc2ccccc2[NH+]1CCc1ccccc1)[C@@H]1CNCC(C(=O)N2CCOCC2)C1. The van der Waals surface area contributed by atoms with Crippen LogP contribution in [0.5, 0.6) is 0 Å². The van der Waals surface area contributed by atoms with Crippen LogP contribution < -0.4 is 10.2 Å². The molecule has 3 heterocycles. The van der Waals surface area contributed by atoms with Crippen LogP contribution >= 0.6 is 0 Å². The van der Waals surface area contributed by atoms with Crippen molar-refractivity contribution in [2.75, 3.05) is 52.5 Å². The van der Waals surface area contributed by atoms with E-state index in [1.54, 1.807) is 0 Å². The summed E-state index contributed by atoms with van der Waals surface area (Å²) in [5.74, 6) is 1.21. The van der Waals surface area contributed by atoms with Crippen LogP contribution in [-0.2, 0) is 16.0 Å². The predicted molar refractivity (Wildman–Crippen MR) is 149 cm³/mol. The molecule has 0 radical (unpaired) electrons. The van der Waals surface area contributed by atoms with E-state index >= 15 is 0 Å². The van der Waals surface area contributed by atoms with E-state index < -0.39 is 6.23 Å². The highest BCUT2D eigenvalue weighted by molar-refractivity contribution is 5.89. The molecular formula is C30H42N5O3+. The van der Waals surface area contributed by atoms with E-state index in [1.165, 1.54) is 5.56 Å². The van der Waals surface area contributed by atoms with Crippen LogP contribution in [-0.4, -0.2) is 91.4 Å². The van der Waals surface area contributed by atoms with E-state index in [0.29, 0.717) is 38.8 Å². The highest BCUT2D eigenvalue weighted by atomic mass is 16.5. The van der Waals surface area contributed by atoms with Gasteiger partial charge in [-0.3, -0.25) is 14.6 Å². The molecule has 2 fully saturated rings. The first-order valence-corrected chi connectivity index (χ1v) is 14.1. The van der Waals surface area contributed by atoms with Gasteiger partial charge in [0.2, 0.25) is 12.1 Å². The molecule has 3 aliphatic heterocycles. The first-order chi connectivity index (χ1) is 18.5. The zero-order valence-electron chi connectivity index (χ0n) is 22.7. The molecule has 204 valence electrons. The van der Waals surface area contributed by atoms with Gasteiger partial charge in [-0.2, -0.15) is 4.99 Å². The maximum absolute atomic E-state index is 13.3. The van der Waals surface area contributed by atoms with E-state index in [9.17, 15) is 9.90 Å². The number of hydrogen-bond acceptors (Lipinski definition) is 6. The monoisotopic (exact) mass is 520 g/mol. The standard InChI is InChI=1S/C30H41N5O3/c1-22(2)21-35(25-18-24(19-31-20-25)29(36)33-14-16-38-17-15-33)30(37)28-32-26-10-6-7-11-27(26)34(28)13-12-23-8-4-3-5-9-23/h3-11,22,24-25,30-31,37H,12-21H2,1-2H3/p+1/t24?,25-,30?/m0/s1. The summed E-state index contributed by atoms with van der Waals surface area (Å²) in [7, 11) is 0. The zero-order chi connectivity index (χ0) is 26.5. The van der Waals surface area contributed by atoms with Crippen molar-refractivity contribution in [1.82, 2.24) is 15.1 Å². The normalized spacial score (nSPS) is 24.4. The van der Waals surface area contributed by atoms with Gasteiger partial charge in [-0.05, 0) is 24.0 Å². The summed E-state index contributed by atoms with van der Waals surface area (Å²) >= 11 is 0. The van der Waals surface area contributed by atoms with Crippen molar-refractivity contribution in [2.24, 2.45) is 16.8 Å². The number of morpholine rings is 1. The third-order valence-electron chi connectivity index (χ3n) is 7.89. The van der Waals surface area contributed by atoms with E-state index in [1.807, 2.05) is 29.2 Å². The number of carbonyl (C=O) groups is 1. The van der Waals surface area contributed by atoms with Gasteiger partial charge in [0, 0.05) is 51.3 Å². The number of aliphatic imine (C=N–C) groups is 1. The summed E-state index contributed by atoms with van der Waals surface area (Å²) in [5.41, 5.74) is 3.32. The Kier molecular flexibility index (Phi) is 8.86. The number of amidine groups is 1. The minimum Gasteiger partial charge on any atom is -0.378 e. The second-order valence-corrected chi connectivity index (χ2v) is 11.1. The number of hydrogen-bond donors (Lipinski definition) is 3. The number of aliphatic hydroxyl groups excluding tert-OH is 1. The minimum absolute atomic E-state index is 0.0397. The van der Waals surface area contributed by atoms with Gasteiger partial charge < -0.3 is 20.1 Å². The van der Waals surface area contributed by atoms with E-state index in [0.717, 1.165) is 54.6 Å². The molecule has 0 saturated carbocycles. The third-order valence-corrected chi connectivity index (χ3v) is 7.89. The number of para-hydroxylation sites is 2. The summed E-state index contributed by atoms with van der Waals surface area (Å²) in [6.45, 7) is 9.86. The lowest BCUT2D eigenvalue weighted by Crippen LogP contribution is -3.11. The van der Waals surface area contributed by atoms with Crippen LogP contribution in [0, 0.1) is 11.8 Å². The van der Waals surface area contributed by atoms with Gasteiger partial charge in [-0.1, -0.05) is 56.3 Å². The Morgan fingerprint density at radius 3 is 2.63 bits per heavy atom. The number of piperidine rings is 1. The molecule has 0 spiro atoms. The van der Waals surface area contributed by atoms with E-state index in [2.05, 4.69) is 54.4 Å². The van der Waals surface area contributed by atoms with Crippen molar-refractivity contribution in [1.29, 1.82) is 0 Å². The average molecular weight is 521 g/mol. The van der Waals surface area contributed by atoms with Gasteiger partial charge >= 0.3 is 0 Å². The molecule has 0 bridgehead atoms. The predicted octanol–water partition coefficient (Wildman–Crippen LogP) is 1.60. The van der Waals surface area contributed by atoms with Gasteiger partial charge in [-0.25, -0.2) is 0 Å². The molecule has 38 heavy (non-hydrogen) atoms. The number of amides is 1. The first-order valence-electron chi connectivity index (χ1n) is 14.1. The summed E-state index contributed by atoms with van der Waals surface area (Å²) in [5, 5.41) is 15.5. The molecule has 2 aromatic carbocycles. The van der Waals surface area contributed by atoms with Crippen molar-refractivity contribution in [3.8, 4) is 0 Å². The summed E-state index contributed by atoms with van der Waals surface area (Å²) < 4.78 is 5.45. The number of nitrogens with one attached hydrogen (secondary N) is 2. The molecule has 2 saturated heterocycles. The lowest BCUT2D eigenvalue weighted by atomic mass is 9.92. The van der Waals surface area contributed by atoms with Crippen LogP contribution in [0.25, 0.3) is 0 Å². The lowest BCUT2D eigenvalue weighted by Gasteiger charge is -2.41. The van der Waals surface area contributed by atoms with E-state index in [-0.39, 0.29) is 17.9 Å². The third kappa shape index (κ3) is 6.16. The van der Waals surface area contributed by atoms with E-state index in [4.69, 9.17) is 9.73 Å². The quantitative estimate of drug-likeness (QED) is 0.438. The topological polar surface area (TPSA) is 81.8 Å². The second-order valence-electron chi connectivity index (χ2n) is 11.1. The number of nitrogens with zero attached hydrogens (tertiary/aromatic N) is 3. The number of quaternary nitrogens is 1. The highest BCUT2D eigenvalue weighted by Gasteiger charge is 2.42. The molecule has 3 unspecified atom stereocenters. The molecule has 1 amide bonds. The van der Waals surface area contributed by atoms with Crippen molar-refractivity contribution >= 4 is 23.1 Å². The average Bonchev–Trinajstić information content (AvgIpc) is 3.33. The van der Waals surface area contributed by atoms with Crippen molar-refractivity contribution in [2.45, 2.75) is 39.0 Å². The van der Waals surface area contributed by atoms with Crippen LogP contribution in [0.1, 0.15) is 25.8 Å². The number of carbonyl (C=O) groups excluding carboxylic acids is 1. The van der Waals surface area contributed by atoms with Gasteiger partial charge in [0.25, 0.3) is 5.84 Å². The molecule has 8 nitrogen and oxygen atoms in total. The Morgan fingerprint density at radius 2 is 1.87 bits per heavy atom. The highest BCUT2D eigenvalue weighted by Crippen LogP contribution is 2.27. The van der Waals surface area contributed by atoms with Crippen LogP contribution in [0.4, 0.5) is 11.4 Å². The Morgan fingerprint density at radius 1 is 1.13 bits per heavy atom. The molecule has 0 aliphatic carbocycles. The van der Waals surface area contributed by atoms with Crippen LogP contribution in [0.2, 0.25) is 0 Å². The van der Waals surface area contributed by atoms with Gasteiger partial charge in [0.05, 0.1) is 25.7 Å². The smallest absolute Gasteiger partial charge is 0.252 e. The van der Waals surface area contributed by atoms with Crippen molar-refractivity contribution in [3.05, 3.63) is 60.2 Å². The second kappa shape index (κ2) is 12.5. The lowest BCUT2D eigenvalue weighted by molar-refractivity contribution is -0.732. The maximum Gasteiger partial charge on any atom is 0.252 e. The Labute approximate surface area is 226 Å². The maximum atomic E-state index is 13.3. The molecular weight excluding hydrogens is 478 g/mol. The summed E-state index contributed by atoms with van der Waals surface area (Å²) in [6, 6.07) is 18.7. The molecule has 3 N–H and O–H groups in total. The molecule has 8 heteroatoms. The molecule has 4 atom stereocenters. The fourth-order valence-electron chi connectivity index (χ4n) is 5.98. The van der Waals surface area contributed by atoms with Gasteiger partial charge in [0.15, 0.2) is 5.69 Å². The number of benzene rings is 2. The Bertz CT molecular complexity index is 1100. The fourth-order valence-corrected chi connectivity index (χ4v) is 5.98. The molecule has 5 rings (SSSR count). The van der Waals surface area contributed by atoms with Crippen LogP contribution in [0.3, 0.4) is 0 Å². The largest absolute Gasteiger partial charge is 0.378 e. The number of aliphatic hydroxyl groups is 1. The fraction of sp³-hybridized carbons (Fsp3) is 0.533. The zero-order valence-corrected chi connectivity index (χ0v) is 22.7. The Hall–Kier alpha value is -2.62. The number of rotatable bonds is 9. The minimum atomic E-state index is -0.834. The van der Waals surface area contributed by atoms with Gasteiger partial charge in [-0.15, -0.1) is 0 Å². The molecule has 2 aromatic rings. The molecule has 0 aromatic heterocycles. The van der Waals surface area contributed by atoms with Crippen molar-refractivity contribution in [3.63, 3.8) is 0 Å². The number of fused-ring (bicyclic) bond motifs is 1. The summed E-state index contributed by atoms with van der Waals surface area (Å²) in [6.07, 6.45) is 0.785.